The van der Waals surface area contributed by atoms with Gasteiger partial charge in [-0.2, -0.15) is 0 Å². The number of aryl methyl sites for hydroxylation is 1. The quantitative estimate of drug-likeness (QED) is 0.684. The zero-order valence-electron chi connectivity index (χ0n) is 13.1. The average molecular weight is 278 g/mol. The Morgan fingerprint density at radius 3 is 2.35 bits per heavy atom. The lowest BCUT2D eigenvalue weighted by Crippen LogP contribution is -2.06. The maximum atomic E-state index is 11.6. The van der Waals surface area contributed by atoms with Gasteiger partial charge in [-0.15, -0.1) is 0 Å². The number of benzene rings is 1. The van der Waals surface area contributed by atoms with Crippen molar-refractivity contribution in [3.05, 3.63) is 23.8 Å². The van der Waals surface area contributed by atoms with Gasteiger partial charge in [0.25, 0.3) is 0 Å². The first-order valence-electron chi connectivity index (χ1n) is 7.49. The van der Waals surface area contributed by atoms with Crippen molar-refractivity contribution in [1.82, 2.24) is 0 Å². The summed E-state index contributed by atoms with van der Waals surface area (Å²) in [7, 11) is 0. The summed E-state index contributed by atoms with van der Waals surface area (Å²) in [5.41, 5.74) is 1.19. The van der Waals surface area contributed by atoms with E-state index in [1.165, 1.54) is 5.56 Å². The molecule has 1 rings (SSSR count). The maximum Gasteiger partial charge on any atom is 0.161 e. The fraction of sp³-hybridized carbons (Fsp3) is 0.588. The van der Waals surface area contributed by atoms with E-state index in [0.717, 1.165) is 24.3 Å². The van der Waals surface area contributed by atoms with Crippen molar-refractivity contribution in [2.75, 3.05) is 13.2 Å². The van der Waals surface area contributed by atoms with Gasteiger partial charge in [0.15, 0.2) is 11.5 Å². The van der Waals surface area contributed by atoms with Gasteiger partial charge in [0, 0.05) is 12.3 Å². The topological polar surface area (TPSA) is 35.5 Å². The Hall–Kier alpha value is -1.51. The predicted octanol–water partition coefficient (Wildman–Crippen LogP) is 4.03. The first-order chi connectivity index (χ1) is 9.58. The smallest absolute Gasteiger partial charge is 0.161 e. The molecule has 0 N–H and O–H groups in total. The molecule has 0 saturated carbocycles. The molecule has 0 aliphatic heterocycles. The Morgan fingerprint density at radius 1 is 1.10 bits per heavy atom. The second-order valence-corrected chi connectivity index (χ2v) is 5.12. The minimum Gasteiger partial charge on any atom is -0.490 e. The first-order valence-corrected chi connectivity index (χ1v) is 7.49. The summed E-state index contributed by atoms with van der Waals surface area (Å²) < 4.78 is 11.1. The van der Waals surface area contributed by atoms with Crippen LogP contribution >= 0.6 is 0 Å². The number of ether oxygens (including phenoxy) is 2. The zero-order valence-corrected chi connectivity index (χ0v) is 13.1. The molecule has 3 heteroatoms. The van der Waals surface area contributed by atoms with Gasteiger partial charge in [0.1, 0.15) is 5.78 Å². The highest BCUT2D eigenvalue weighted by atomic mass is 16.5. The molecule has 20 heavy (non-hydrogen) atoms. The molecule has 0 radical (unpaired) electrons. The van der Waals surface area contributed by atoms with Crippen LogP contribution in [0.25, 0.3) is 0 Å². The Morgan fingerprint density at radius 2 is 1.75 bits per heavy atom. The summed E-state index contributed by atoms with van der Waals surface area (Å²) in [5, 5.41) is 0. The summed E-state index contributed by atoms with van der Waals surface area (Å²) >= 11 is 0. The molecule has 0 bridgehead atoms. The fourth-order valence-electron chi connectivity index (χ4n) is 2.01. The van der Waals surface area contributed by atoms with Crippen LogP contribution in [0.2, 0.25) is 0 Å². The number of hydrogen-bond acceptors (Lipinski definition) is 3. The highest BCUT2D eigenvalue weighted by molar-refractivity contribution is 5.80. The van der Waals surface area contributed by atoms with E-state index < -0.39 is 0 Å². The molecule has 0 aliphatic rings. The van der Waals surface area contributed by atoms with Crippen LogP contribution in [0.4, 0.5) is 0 Å². The predicted molar refractivity (Wildman–Crippen MR) is 81.6 cm³/mol. The van der Waals surface area contributed by atoms with Crippen LogP contribution in [0.15, 0.2) is 18.2 Å². The summed E-state index contributed by atoms with van der Waals surface area (Å²) in [4.78, 5) is 11.6. The minimum atomic E-state index is 0.134. The van der Waals surface area contributed by atoms with Crippen molar-refractivity contribution in [3.8, 4) is 11.5 Å². The van der Waals surface area contributed by atoms with Crippen LogP contribution in [-0.2, 0) is 11.2 Å². The largest absolute Gasteiger partial charge is 0.490 e. The second-order valence-electron chi connectivity index (χ2n) is 5.12. The van der Waals surface area contributed by atoms with Crippen LogP contribution in [0.1, 0.15) is 46.1 Å². The molecular formula is C17H26O3. The lowest BCUT2D eigenvalue weighted by Gasteiger charge is -2.12. The molecule has 0 saturated heterocycles. The lowest BCUT2D eigenvalue weighted by atomic mass is 10.0. The lowest BCUT2D eigenvalue weighted by molar-refractivity contribution is -0.121. The van der Waals surface area contributed by atoms with Gasteiger partial charge in [-0.25, -0.2) is 0 Å². The van der Waals surface area contributed by atoms with Gasteiger partial charge >= 0.3 is 0 Å². The van der Waals surface area contributed by atoms with E-state index >= 15 is 0 Å². The normalized spacial score (nSPS) is 10.7. The highest BCUT2D eigenvalue weighted by Crippen LogP contribution is 2.29. The SMILES string of the molecule is CCOc1ccc(CCCC(=O)C(C)C)cc1OCC. The van der Waals surface area contributed by atoms with Crippen molar-refractivity contribution in [3.63, 3.8) is 0 Å². The Kier molecular flexibility index (Phi) is 7.13. The van der Waals surface area contributed by atoms with Gasteiger partial charge in [-0.05, 0) is 44.4 Å². The van der Waals surface area contributed by atoms with E-state index in [4.69, 9.17) is 9.47 Å². The van der Waals surface area contributed by atoms with Crippen LogP contribution in [-0.4, -0.2) is 19.0 Å². The number of carbonyl (C=O) groups excluding carboxylic acids is 1. The zero-order chi connectivity index (χ0) is 15.0. The molecule has 3 nitrogen and oxygen atoms in total. The highest BCUT2D eigenvalue weighted by Gasteiger charge is 2.09. The Labute approximate surface area is 122 Å². The van der Waals surface area contributed by atoms with Crippen LogP contribution in [0.5, 0.6) is 11.5 Å². The van der Waals surface area contributed by atoms with Gasteiger partial charge < -0.3 is 9.47 Å². The molecule has 0 atom stereocenters. The van der Waals surface area contributed by atoms with Crippen molar-refractivity contribution in [1.29, 1.82) is 0 Å². The molecule has 0 fully saturated rings. The molecule has 1 aromatic rings. The number of hydrogen-bond donors (Lipinski definition) is 0. The monoisotopic (exact) mass is 278 g/mol. The van der Waals surface area contributed by atoms with E-state index in [0.29, 0.717) is 25.4 Å². The Balaban J connectivity index is 2.62. The molecule has 0 unspecified atom stereocenters. The minimum absolute atomic E-state index is 0.134. The molecular weight excluding hydrogens is 252 g/mol. The van der Waals surface area contributed by atoms with Crippen molar-refractivity contribution in [2.45, 2.75) is 47.0 Å². The third-order valence-electron chi connectivity index (χ3n) is 3.14. The van der Waals surface area contributed by atoms with E-state index in [1.54, 1.807) is 0 Å². The summed E-state index contributed by atoms with van der Waals surface area (Å²) in [6.45, 7) is 9.07. The first kappa shape index (κ1) is 16.5. The van der Waals surface area contributed by atoms with Crippen LogP contribution in [0.3, 0.4) is 0 Å². The third-order valence-corrected chi connectivity index (χ3v) is 3.14. The number of rotatable bonds is 9. The van der Waals surface area contributed by atoms with Crippen molar-refractivity contribution in [2.24, 2.45) is 5.92 Å². The second kappa shape index (κ2) is 8.62. The standard InChI is InChI=1S/C17H26O3/c1-5-19-16-11-10-14(12-17(16)20-6-2)8-7-9-15(18)13(3)4/h10-13H,5-9H2,1-4H3. The molecule has 0 spiro atoms. The molecule has 112 valence electrons. The van der Waals surface area contributed by atoms with Gasteiger partial charge in [0.05, 0.1) is 13.2 Å². The molecule has 0 aromatic heterocycles. The summed E-state index contributed by atoms with van der Waals surface area (Å²) in [6, 6.07) is 6.02. The third kappa shape index (κ3) is 5.24. The number of carbonyl (C=O) groups is 1. The van der Waals surface area contributed by atoms with Crippen molar-refractivity contribution >= 4 is 5.78 Å². The summed E-state index contributed by atoms with van der Waals surface area (Å²) in [6.07, 6.45) is 2.43. The van der Waals surface area contributed by atoms with Gasteiger partial charge in [-0.3, -0.25) is 4.79 Å². The van der Waals surface area contributed by atoms with Gasteiger partial charge in [-0.1, -0.05) is 19.9 Å². The molecule has 0 aliphatic carbocycles. The molecule has 0 heterocycles. The van der Waals surface area contributed by atoms with E-state index in [2.05, 4.69) is 0 Å². The summed E-state index contributed by atoms with van der Waals surface area (Å²) in [5.74, 6) is 2.05. The Bertz CT molecular complexity index is 424. The maximum absolute atomic E-state index is 11.6. The molecule has 1 aromatic carbocycles. The van der Waals surface area contributed by atoms with Crippen LogP contribution in [0, 0.1) is 5.92 Å². The number of Topliss-reactive ketones (excluding diaryl/α,β-unsaturated/α-hetero) is 1. The molecule has 0 amide bonds. The van der Waals surface area contributed by atoms with E-state index in [1.807, 2.05) is 45.9 Å². The van der Waals surface area contributed by atoms with Crippen molar-refractivity contribution < 1.29 is 14.3 Å². The van der Waals surface area contributed by atoms with E-state index in [-0.39, 0.29) is 5.92 Å². The van der Waals surface area contributed by atoms with E-state index in [9.17, 15) is 4.79 Å². The van der Waals surface area contributed by atoms with Gasteiger partial charge in [0.2, 0.25) is 0 Å². The average Bonchev–Trinajstić information content (AvgIpc) is 2.41. The fourth-order valence-corrected chi connectivity index (χ4v) is 2.01. The number of ketones is 1. The van der Waals surface area contributed by atoms with Crippen LogP contribution < -0.4 is 9.47 Å².